The number of aromatic carboxylic acids is 1. The molecule has 0 fully saturated rings. The molecule has 134 valence electrons. The van der Waals surface area contributed by atoms with E-state index >= 15 is 0 Å². The second-order valence-electron chi connectivity index (χ2n) is 6.16. The van der Waals surface area contributed by atoms with Crippen LogP contribution >= 0.6 is 11.3 Å². The molecule has 0 bridgehead atoms. The van der Waals surface area contributed by atoms with Gasteiger partial charge in [-0.05, 0) is 20.8 Å². The molecule has 1 aromatic rings. The monoisotopic (exact) mass is 358 g/mol. The minimum absolute atomic E-state index is 0.104. The van der Waals surface area contributed by atoms with Crippen LogP contribution in [0.5, 0.6) is 0 Å². The fourth-order valence-electron chi connectivity index (χ4n) is 1.71. The number of hydrogen-bond donors (Lipinski definition) is 1. The van der Waals surface area contributed by atoms with Crippen LogP contribution in [0.25, 0.3) is 0 Å². The van der Waals surface area contributed by atoms with Crippen LogP contribution in [0, 0.1) is 0 Å². The third-order valence-corrected chi connectivity index (χ3v) is 3.69. The molecule has 1 heterocycles. The maximum absolute atomic E-state index is 11.9. The quantitative estimate of drug-likeness (QED) is 0.779. The summed E-state index contributed by atoms with van der Waals surface area (Å²) in [4.78, 5) is 39.4. The minimum Gasteiger partial charge on any atom is -0.476 e. The molecule has 0 aromatic carbocycles. The van der Waals surface area contributed by atoms with Crippen molar-refractivity contribution in [3.05, 3.63) is 16.1 Å². The van der Waals surface area contributed by atoms with Crippen molar-refractivity contribution in [2.75, 3.05) is 13.6 Å². The number of rotatable bonds is 6. The fourth-order valence-corrected chi connectivity index (χ4v) is 2.56. The number of aromatic nitrogens is 1. The highest BCUT2D eigenvalue weighted by atomic mass is 32.1. The Kier molecular flexibility index (Phi) is 6.70. The molecule has 0 saturated heterocycles. The first-order chi connectivity index (χ1) is 11.0. The van der Waals surface area contributed by atoms with Gasteiger partial charge in [-0.1, -0.05) is 0 Å². The van der Waals surface area contributed by atoms with Crippen LogP contribution in [0.1, 0.15) is 55.7 Å². The van der Waals surface area contributed by atoms with E-state index in [1.807, 2.05) is 0 Å². The molecular formula is C15H22N2O6S. The number of carboxylic acids is 1. The standard InChI is InChI=1S/C15H22N2O6S/c1-9(18)22-11(12-16-10(8-24-12)13(19)20)6-7-17(5)14(21)23-15(2,3)4/h8,11H,6-7H2,1-5H3,(H,19,20). The summed E-state index contributed by atoms with van der Waals surface area (Å²) in [6.07, 6.45) is -0.929. The number of amides is 1. The number of thiazole rings is 1. The minimum atomic E-state index is -1.15. The lowest BCUT2D eigenvalue weighted by molar-refractivity contribution is -0.147. The van der Waals surface area contributed by atoms with Crippen LogP contribution in [-0.2, 0) is 14.3 Å². The number of ether oxygens (including phenoxy) is 2. The summed E-state index contributed by atoms with van der Waals surface area (Å²) in [5, 5.41) is 10.7. The van der Waals surface area contributed by atoms with Gasteiger partial charge in [0.05, 0.1) is 0 Å². The van der Waals surface area contributed by atoms with Gasteiger partial charge in [-0.3, -0.25) is 4.79 Å². The van der Waals surface area contributed by atoms with Crippen molar-refractivity contribution in [3.8, 4) is 0 Å². The summed E-state index contributed by atoms with van der Waals surface area (Å²) in [6, 6.07) is 0. The summed E-state index contributed by atoms with van der Waals surface area (Å²) < 4.78 is 10.4. The number of carbonyl (C=O) groups excluding carboxylic acids is 2. The Hall–Kier alpha value is -2.16. The van der Waals surface area contributed by atoms with Crippen LogP contribution in [0.3, 0.4) is 0 Å². The van der Waals surface area contributed by atoms with Gasteiger partial charge in [-0.2, -0.15) is 0 Å². The van der Waals surface area contributed by atoms with Crippen LogP contribution < -0.4 is 0 Å². The van der Waals surface area contributed by atoms with E-state index in [4.69, 9.17) is 14.6 Å². The molecule has 8 nitrogen and oxygen atoms in total. The average Bonchev–Trinajstić information content (AvgIpc) is 2.90. The van der Waals surface area contributed by atoms with E-state index in [0.29, 0.717) is 5.01 Å². The summed E-state index contributed by atoms with van der Waals surface area (Å²) in [5.74, 6) is -1.66. The van der Waals surface area contributed by atoms with Crippen molar-refractivity contribution in [2.45, 2.75) is 45.8 Å². The van der Waals surface area contributed by atoms with Gasteiger partial charge in [0.15, 0.2) is 11.8 Å². The highest BCUT2D eigenvalue weighted by Crippen LogP contribution is 2.25. The molecule has 1 rings (SSSR count). The molecule has 0 aliphatic heterocycles. The smallest absolute Gasteiger partial charge is 0.410 e. The Labute approximate surface area is 144 Å². The van der Waals surface area contributed by atoms with E-state index < -0.39 is 29.7 Å². The first-order valence-corrected chi connectivity index (χ1v) is 8.17. The second-order valence-corrected chi connectivity index (χ2v) is 7.05. The predicted octanol–water partition coefficient (Wildman–Crippen LogP) is 2.70. The number of esters is 1. The topological polar surface area (TPSA) is 106 Å². The van der Waals surface area contributed by atoms with E-state index in [-0.39, 0.29) is 18.7 Å². The molecular weight excluding hydrogens is 336 g/mol. The fraction of sp³-hybridized carbons (Fsp3) is 0.600. The zero-order valence-corrected chi connectivity index (χ0v) is 15.2. The van der Waals surface area contributed by atoms with Crippen molar-refractivity contribution < 1.29 is 29.0 Å². The lowest BCUT2D eigenvalue weighted by Gasteiger charge is -2.25. The van der Waals surface area contributed by atoms with Gasteiger partial charge in [0.25, 0.3) is 0 Å². The van der Waals surface area contributed by atoms with Crippen molar-refractivity contribution in [3.63, 3.8) is 0 Å². The highest BCUT2D eigenvalue weighted by Gasteiger charge is 2.24. The Morgan fingerprint density at radius 3 is 2.46 bits per heavy atom. The number of nitrogens with zero attached hydrogens (tertiary/aromatic N) is 2. The summed E-state index contributed by atoms with van der Waals surface area (Å²) in [7, 11) is 1.57. The molecule has 1 atom stereocenters. The Morgan fingerprint density at radius 2 is 2.00 bits per heavy atom. The maximum Gasteiger partial charge on any atom is 0.410 e. The Bertz CT molecular complexity index is 607. The molecule has 1 unspecified atom stereocenters. The molecule has 1 aromatic heterocycles. The SMILES string of the molecule is CC(=O)OC(CCN(C)C(=O)OC(C)(C)C)c1nc(C(=O)O)cs1. The Balaban J connectivity index is 2.74. The van der Waals surface area contributed by atoms with E-state index in [2.05, 4.69) is 4.98 Å². The molecule has 1 amide bonds. The van der Waals surface area contributed by atoms with Crippen LogP contribution in [0.4, 0.5) is 4.79 Å². The molecule has 0 radical (unpaired) electrons. The van der Waals surface area contributed by atoms with Gasteiger partial charge >= 0.3 is 18.0 Å². The van der Waals surface area contributed by atoms with Crippen LogP contribution in [0.15, 0.2) is 5.38 Å². The van der Waals surface area contributed by atoms with E-state index in [1.54, 1.807) is 27.8 Å². The van der Waals surface area contributed by atoms with Gasteiger partial charge in [0.1, 0.15) is 10.6 Å². The van der Waals surface area contributed by atoms with Crippen LogP contribution in [-0.4, -0.2) is 52.2 Å². The largest absolute Gasteiger partial charge is 0.476 e. The molecule has 1 N–H and O–H groups in total. The van der Waals surface area contributed by atoms with Crippen LogP contribution in [0.2, 0.25) is 0 Å². The molecule has 9 heteroatoms. The van der Waals surface area contributed by atoms with Crippen molar-refractivity contribution in [1.29, 1.82) is 0 Å². The maximum atomic E-state index is 11.9. The molecule has 0 aliphatic carbocycles. The zero-order valence-electron chi connectivity index (χ0n) is 14.4. The molecule has 0 saturated carbocycles. The van der Waals surface area contributed by atoms with E-state index in [0.717, 1.165) is 11.3 Å². The Morgan fingerprint density at radius 1 is 1.38 bits per heavy atom. The lowest BCUT2D eigenvalue weighted by Crippen LogP contribution is -2.35. The van der Waals surface area contributed by atoms with Crippen molar-refractivity contribution >= 4 is 29.4 Å². The molecule has 0 aliphatic rings. The average molecular weight is 358 g/mol. The highest BCUT2D eigenvalue weighted by molar-refractivity contribution is 7.09. The third kappa shape index (κ3) is 6.53. The lowest BCUT2D eigenvalue weighted by atomic mass is 10.2. The van der Waals surface area contributed by atoms with Crippen molar-refractivity contribution in [1.82, 2.24) is 9.88 Å². The number of carboxylic acid groups (broad SMARTS) is 1. The first kappa shape index (κ1) is 19.9. The van der Waals surface area contributed by atoms with Gasteiger partial charge in [0, 0.05) is 32.3 Å². The zero-order chi connectivity index (χ0) is 18.5. The second kappa shape index (κ2) is 8.09. The first-order valence-electron chi connectivity index (χ1n) is 7.29. The van der Waals surface area contributed by atoms with Gasteiger partial charge in [0.2, 0.25) is 0 Å². The van der Waals surface area contributed by atoms with Crippen molar-refractivity contribution in [2.24, 2.45) is 0 Å². The number of hydrogen-bond acceptors (Lipinski definition) is 7. The summed E-state index contributed by atoms with van der Waals surface area (Å²) in [5.41, 5.74) is -0.709. The predicted molar refractivity (Wildman–Crippen MR) is 87.1 cm³/mol. The van der Waals surface area contributed by atoms with E-state index in [1.165, 1.54) is 17.2 Å². The third-order valence-electron chi connectivity index (χ3n) is 2.76. The van der Waals surface area contributed by atoms with E-state index in [9.17, 15) is 14.4 Å². The van der Waals surface area contributed by atoms with Gasteiger partial charge in [-0.25, -0.2) is 14.6 Å². The van der Waals surface area contributed by atoms with Gasteiger partial charge < -0.3 is 19.5 Å². The molecule has 24 heavy (non-hydrogen) atoms. The normalized spacial score (nSPS) is 12.4. The molecule has 0 spiro atoms. The summed E-state index contributed by atoms with van der Waals surface area (Å²) >= 11 is 1.09. The number of carbonyl (C=O) groups is 3. The summed E-state index contributed by atoms with van der Waals surface area (Å²) in [6.45, 7) is 6.82. The van der Waals surface area contributed by atoms with Gasteiger partial charge in [-0.15, -0.1) is 11.3 Å².